The number of carbonyl (C=O) groups excluding carboxylic acids is 1. The van der Waals surface area contributed by atoms with E-state index in [0.29, 0.717) is 18.2 Å². The van der Waals surface area contributed by atoms with Crippen molar-refractivity contribution >= 4 is 17.5 Å². The molecule has 2 atom stereocenters. The molecule has 0 bridgehead atoms. The van der Waals surface area contributed by atoms with E-state index in [2.05, 4.69) is 12.2 Å². The Labute approximate surface area is 96.2 Å². The highest BCUT2D eigenvalue weighted by Crippen LogP contribution is 2.31. The molecule has 1 saturated carbocycles. The Morgan fingerprint density at radius 3 is 2.93 bits per heavy atom. The molecule has 1 aliphatic rings. The predicted octanol–water partition coefficient (Wildman–Crippen LogP) is 1.67. The first-order chi connectivity index (χ1) is 7.12. The van der Waals surface area contributed by atoms with Crippen molar-refractivity contribution in [2.45, 2.75) is 44.6 Å². The molecule has 0 radical (unpaired) electrons. The summed E-state index contributed by atoms with van der Waals surface area (Å²) >= 11 is 5.51. The fraction of sp³-hybridized carbons (Fsp3) is 0.909. The van der Waals surface area contributed by atoms with Crippen LogP contribution in [0, 0.1) is 5.92 Å². The van der Waals surface area contributed by atoms with Gasteiger partial charge in [-0.3, -0.25) is 4.79 Å². The first-order valence-corrected chi connectivity index (χ1v) is 6.13. The highest BCUT2D eigenvalue weighted by molar-refractivity contribution is 6.18. The summed E-state index contributed by atoms with van der Waals surface area (Å²) in [5.41, 5.74) is -0.388. The molecule has 15 heavy (non-hydrogen) atoms. The summed E-state index contributed by atoms with van der Waals surface area (Å²) in [6.45, 7) is 2.20. The SMILES string of the molecule is CC1CCCC(CO)(NC(=O)CCCl)C1. The second kappa shape index (κ2) is 5.71. The number of rotatable bonds is 4. The lowest BCUT2D eigenvalue weighted by Gasteiger charge is -2.39. The average Bonchev–Trinajstić information content (AvgIpc) is 2.18. The van der Waals surface area contributed by atoms with E-state index in [1.165, 1.54) is 6.42 Å². The summed E-state index contributed by atoms with van der Waals surface area (Å²) in [4.78, 5) is 11.5. The lowest BCUT2D eigenvalue weighted by molar-refractivity contribution is -0.124. The van der Waals surface area contributed by atoms with Gasteiger partial charge in [-0.25, -0.2) is 0 Å². The third kappa shape index (κ3) is 3.65. The van der Waals surface area contributed by atoms with Crippen LogP contribution in [0.15, 0.2) is 0 Å². The number of hydrogen-bond donors (Lipinski definition) is 2. The number of aliphatic hydroxyl groups is 1. The minimum Gasteiger partial charge on any atom is -0.394 e. The van der Waals surface area contributed by atoms with Crippen molar-refractivity contribution in [1.82, 2.24) is 5.32 Å². The molecule has 0 aromatic rings. The molecule has 2 unspecified atom stereocenters. The Bertz CT molecular complexity index is 223. The molecule has 0 heterocycles. The molecular weight excluding hydrogens is 214 g/mol. The molecule has 1 rings (SSSR count). The molecule has 1 fully saturated rings. The number of amides is 1. The maximum atomic E-state index is 11.5. The Morgan fingerprint density at radius 1 is 1.67 bits per heavy atom. The zero-order valence-corrected chi connectivity index (χ0v) is 10.0. The smallest absolute Gasteiger partial charge is 0.221 e. The van der Waals surface area contributed by atoms with Crippen LogP contribution >= 0.6 is 11.6 Å². The van der Waals surface area contributed by atoms with Gasteiger partial charge in [0.15, 0.2) is 0 Å². The third-order valence-electron chi connectivity index (χ3n) is 3.12. The van der Waals surface area contributed by atoms with E-state index in [1.807, 2.05) is 0 Å². The van der Waals surface area contributed by atoms with Gasteiger partial charge in [-0.2, -0.15) is 0 Å². The first kappa shape index (κ1) is 12.8. The number of halogens is 1. The van der Waals surface area contributed by atoms with E-state index in [0.717, 1.165) is 19.3 Å². The van der Waals surface area contributed by atoms with Gasteiger partial charge in [0.05, 0.1) is 12.1 Å². The summed E-state index contributed by atoms with van der Waals surface area (Å²) in [6, 6.07) is 0. The van der Waals surface area contributed by atoms with Gasteiger partial charge < -0.3 is 10.4 Å². The lowest BCUT2D eigenvalue weighted by atomic mass is 9.77. The maximum absolute atomic E-state index is 11.5. The van der Waals surface area contributed by atoms with E-state index in [-0.39, 0.29) is 18.1 Å². The Morgan fingerprint density at radius 2 is 2.40 bits per heavy atom. The molecule has 0 saturated heterocycles. The van der Waals surface area contributed by atoms with Crippen molar-refractivity contribution in [3.8, 4) is 0 Å². The van der Waals surface area contributed by atoms with Gasteiger partial charge in [0.2, 0.25) is 5.91 Å². The Balaban J connectivity index is 2.55. The molecule has 1 aliphatic carbocycles. The highest BCUT2D eigenvalue weighted by atomic mass is 35.5. The summed E-state index contributed by atoms with van der Waals surface area (Å²) in [5.74, 6) is 0.860. The van der Waals surface area contributed by atoms with Crippen LogP contribution in [0.3, 0.4) is 0 Å². The molecular formula is C11H20ClNO2. The van der Waals surface area contributed by atoms with Gasteiger partial charge in [-0.05, 0) is 18.8 Å². The minimum absolute atomic E-state index is 0.0331. The fourth-order valence-electron chi connectivity index (χ4n) is 2.40. The predicted molar refractivity (Wildman–Crippen MR) is 60.9 cm³/mol. The topological polar surface area (TPSA) is 49.3 Å². The second-order valence-corrected chi connectivity index (χ2v) is 5.01. The van der Waals surface area contributed by atoms with Crippen LogP contribution in [-0.2, 0) is 4.79 Å². The van der Waals surface area contributed by atoms with Crippen molar-refractivity contribution in [3.63, 3.8) is 0 Å². The monoisotopic (exact) mass is 233 g/mol. The minimum atomic E-state index is -0.388. The van der Waals surface area contributed by atoms with Crippen LogP contribution in [0.25, 0.3) is 0 Å². The Hall–Kier alpha value is -0.280. The zero-order valence-electron chi connectivity index (χ0n) is 9.26. The quantitative estimate of drug-likeness (QED) is 0.726. The van der Waals surface area contributed by atoms with Crippen LogP contribution in [0.1, 0.15) is 39.0 Å². The van der Waals surface area contributed by atoms with Gasteiger partial charge in [-0.15, -0.1) is 11.6 Å². The molecule has 3 nitrogen and oxygen atoms in total. The maximum Gasteiger partial charge on any atom is 0.221 e. The summed E-state index contributed by atoms with van der Waals surface area (Å²) in [5, 5.41) is 12.4. The molecule has 4 heteroatoms. The molecule has 0 aliphatic heterocycles. The van der Waals surface area contributed by atoms with Crippen molar-refractivity contribution in [3.05, 3.63) is 0 Å². The van der Waals surface area contributed by atoms with E-state index in [9.17, 15) is 9.90 Å². The number of nitrogens with one attached hydrogen (secondary N) is 1. The molecule has 0 spiro atoms. The highest BCUT2D eigenvalue weighted by Gasteiger charge is 2.35. The Kier molecular flexibility index (Phi) is 4.87. The molecule has 1 amide bonds. The van der Waals surface area contributed by atoms with Crippen LogP contribution in [0.2, 0.25) is 0 Å². The van der Waals surface area contributed by atoms with Gasteiger partial charge in [0.25, 0.3) is 0 Å². The normalized spacial score (nSPS) is 31.3. The van der Waals surface area contributed by atoms with E-state index in [4.69, 9.17) is 11.6 Å². The van der Waals surface area contributed by atoms with Gasteiger partial charge in [0.1, 0.15) is 0 Å². The van der Waals surface area contributed by atoms with Crippen molar-refractivity contribution in [2.24, 2.45) is 5.92 Å². The standard InChI is InChI=1S/C11H20ClNO2/c1-9-3-2-5-11(7-9,8-14)13-10(15)4-6-12/h9,14H,2-8H2,1H3,(H,13,15). The van der Waals surface area contributed by atoms with Crippen LogP contribution in [0.5, 0.6) is 0 Å². The molecule has 0 aromatic heterocycles. The second-order valence-electron chi connectivity index (χ2n) is 4.63. The summed E-state index contributed by atoms with van der Waals surface area (Å²) < 4.78 is 0. The largest absolute Gasteiger partial charge is 0.394 e. The summed E-state index contributed by atoms with van der Waals surface area (Å²) in [7, 11) is 0. The van der Waals surface area contributed by atoms with Gasteiger partial charge in [0, 0.05) is 12.3 Å². The van der Waals surface area contributed by atoms with Crippen molar-refractivity contribution in [2.75, 3.05) is 12.5 Å². The number of alkyl halides is 1. The first-order valence-electron chi connectivity index (χ1n) is 5.60. The fourth-order valence-corrected chi connectivity index (χ4v) is 2.57. The van der Waals surface area contributed by atoms with Crippen LogP contribution in [0.4, 0.5) is 0 Å². The number of carbonyl (C=O) groups is 1. The molecule has 0 aromatic carbocycles. The number of hydrogen-bond acceptors (Lipinski definition) is 2. The average molecular weight is 234 g/mol. The van der Waals surface area contributed by atoms with E-state index < -0.39 is 0 Å². The molecule has 2 N–H and O–H groups in total. The van der Waals surface area contributed by atoms with Crippen LogP contribution in [-0.4, -0.2) is 29.0 Å². The lowest BCUT2D eigenvalue weighted by Crippen LogP contribution is -2.53. The number of aliphatic hydroxyl groups excluding tert-OH is 1. The van der Waals surface area contributed by atoms with Crippen LogP contribution < -0.4 is 5.32 Å². The third-order valence-corrected chi connectivity index (χ3v) is 3.31. The van der Waals surface area contributed by atoms with Gasteiger partial charge in [-0.1, -0.05) is 19.8 Å². The summed E-state index contributed by atoms with van der Waals surface area (Å²) in [6.07, 6.45) is 4.34. The van der Waals surface area contributed by atoms with Crippen molar-refractivity contribution in [1.29, 1.82) is 0 Å². The van der Waals surface area contributed by atoms with E-state index >= 15 is 0 Å². The van der Waals surface area contributed by atoms with Gasteiger partial charge >= 0.3 is 0 Å². The zero-order chi connectivity index (χ0) is 11.3. The van der Waals surface area contributed by atoms with E-state index in [1.54, 1.807) is 0 Å². The molecule has 88 valence electrons. The van der Waals surface area contributed by atoms with Crippen molar-refractivity contribution < 1.29 is 9.90 Å².